The Morgan fingerprint density at radius 3 is 2.50 bits per heavy atom. The molecular weight excluding hydrogens is 348 g/mol. The summed E-state index contributed by atoms with van der Waals surface area (Å²) in [5.41, 5.74) is 0.843. The molecule has 0 N–H and O–H groups in total. The zero-order valence-electron chi connectivity index (χ0n) is 15.6. The van der Waals surface area contributed by atoms with Gasteiger partial charge in [0.25, 0.3) is 0 Å². The van der Waals surface area contributed by atoms with Crippen molar-refractivity contribution in [3.8, 4) is 0 Å². The van der Waals surface area contributed by atoms with Crippen LogP contribution in [0.2, 0.25) is 0 Å². The van der Waals surface area contributed by atoms with E-state index in [9.17, 15) is 4.79 Å². The summed E-state index contributed by atoms with van der Waals surface area (Å²) in [6.45, 7) is 9.53. The number of carbonyl (C=O) groups is 1. The van der Waals surface area contributed by atoms with E-state index in [-0.39, 0.29) is 11.2 Å². The van der Waals surface area contributed by atoms with Gasteiger partial charge in [-0.1, -0.05) is 62.9 Å². The lowest BCUT2D eigenvalue weighted by molar-refractivity contribution is -0.123. The number of morpholine rings is 1. The van der Waals surface area contributed by atoms with Gasteiger partial charge >= 0.3 is 0 Å². The summed E-state index contributed by atoms with van der Waals surface area (Å²) in [7, 11) is 0. The molecule has 2 heterocycles. The van der Waals surface area contributed by atoms with Gasteiger partial charge in [-0.05, 0) is 5.56 Å². The number of Topliss-reactive ketones (excluding diaryl/α,β-unsaturated/α-hetero) is 1. The molecule has 0 bridgehead atoms. The predicted molar refractivity (Wildman–Crippen MR) is 104 cm³/mol. The molecule has 0 radical (unpaired) electrons. The van der Waals surface area contributed by atoms with Crippen molar-refractivity contribution in [1.29, 1.82) is 0 Å². The number of aromatic nitrogens is 3. The van der Waals surface area contributed by atoms with Crippen LogP contribution in [0, 0.1) is 5.41 Å². The number of anilines is 1. The van der Waals surface area contributed by atoms with E-state index in [1.807, 2.05) is 39.0 Å². The summed E-state index contributed by atoms with van der Waals surface area (Å²) in [6, 6.07) is 10.3. The Kier molecular flexibility index (Phi) is 5.98. The highest BCUT2D eigenvalue weighted by atomic mass is 32.2. The van der Waals surface area contributed by atoms with Crippen molar-refractivity contribution < 1.29 is 9.53 Å². The van der Waals surface area contributed by atoms with Gasteiger partial charge in [-0.25, -0.2) is 0 Å². The van der Waals surface area contributed by atoms with Crippen LogP contribution in [-0.2, 0) is 16.1 Å². The zero-order valence-corrected chi connectivity index (χ0v) is 16.5. The fraction of sp³-hybridized carbons (Fsp3) is 0.526. The third-order valence-electron chi connectivity index (χ3n) is 4.34. The molecule has 2 aromatic rings. The van der Waals surface area contributed by atoms with Crippen LogP contribution in [0.15, 0.2) is 35.5 Å². The van der Waals surface area contributed by atoms with Crippen LogP contribution in [-0.4, -0.2) is 52.6 Å². The molecule has 3 rings (SSSR count). The number of hydrogen-bond donors (Lipinski definition) is 0. The Bertz CT molecular complexity index is 734. The smallest absolute Gasteiger partial charge is 0.228 e. The van der Waals surface area contributed by atoms with Crippen LogP contribution in [0.3, 0.4) is 0 Å². The van der Waals surface area contributed by atoms with E-state index in [1.165, 1.54) is 17.3 Å². The molecule has 0 amide bonds. The van der Waals surface area contributed by atoms with Crippen molar-refractivity contribution in [2.24, 2.45) is 5.41 Å². The highest BCUT2D eigenvalue weighted by molar-refractivity contribution is 7.99. The Balaban J connectivity index is 1.83. The van der Waals surface area contributed by atoms with Crippen LogP contribution in [0.5, 0.6) is 0 Å². The van der Waals surface area contributed by atoms with Gasteiger partial charge in [0.15, 0.2) is 5.16 Å². The van der Waals surface area contributed by atoms with E-state index in [2.05, 4.69) is 31.8 Å². The first-order valence-electron chi connectivity index (χ1n) is 8.91. The van der Waals surface area contributed by atoms with Crippen molar-refractivity contribution >= 4 is 23.5 Å². The highest BCUT2D eigenvalue weighted by Crippen LogP contribution is 2.26. The molecule has 6 nitrogen and oxygen atoms in total. The predicted octanol–water partition coefficient (Wildman–Crippen LogP) is 2.87. The molecule has 0 unspecified atom stereocenters. The maximum Gasteiger partial charge on any atom is 0.228 e. The summed E-state index contributed by atoms with van der Waals surface area (Å²) in [5, 5.41) is 9.60. The Morgan fingerprint density at radius 1 is 1.15 bits per heavy atom. The van der Waals surface area contributed by atoms with Crippen LogP contribution in [0.1, 0.15) is 26.3 Å². The number of benzene rings is 1. The first-order valence-corrected chi connectivity index (χ1v) is 9.89. The number of ketones is 1. The number of thioether (sulfide) groups is 1. The van der Waals surface area contributed by atoms with Crippen molar-refractivity contribution in [2.45, 2.75) is 32.5 Å². The Morgan fingerprint density at radius 2 is 1.85 bits per heavy atom. The molecule has 1 aliphatic rings. The van der Waals surface area contributed by atoms with E-state index in [0.29, 0.717) is 25.5 Å². The number of hydrogen-bond acceptors (Lipinski definition) is 6. The van der Waals surface area contributed by atoms with Crippen molar-refractivity contribution in [1.82, 2.24) is 14.8 Å². The molecular formula is C19H26N4O2S. The van der Waals surface area contributed by atoms with Gasteiger partial charge in [0.1, 0.15) is 5.78 Å². The van der Waals surface area contributed by atoms with E-state index in [0.717, 1.165) is 24.2 Å². The molecule has 1 aliphatic heterocycles. The average molecular weight is 375 g/mol. The summed E-state index contributed by atoms with van der Waals surface area (Å²) in [6.07, 6.45) is 0. The SMILES string of the molecule is CC(C)(C)C(=O)CSc1nnc(N2CCOCC2)n1Cc1ccccc1. The highest BCUT2D eigenvalue weighted by Gasteiger charge is 2.24. The second-order valence-corrected chi connectivity index (χ2v) is 8.36. The standard InChI is InChI=1S/C19H26N4O2S/c1-19(2,3)16(24)14-26-18-21-20-17(22-9-11-25-12-10-22)23(18)13-15-7-5-4-6-8-15/h4-8H,9-14H2,1-3H3. The Hall–Kier alpha value is -1.86. The molecule has 1 fully saturated rings. The minimum absolute atomic E-state index is 0.213. The maximum absolute atomic E-state index is 12.3. The van der Waals surface area contributed by atoms with Gasteiger partial charge in [0, 0.05) is 18.5 Å². The van der Waals surface area contributed by atoms with Gasteiger partial charge in [-0.15, -0.1) is 10.2 Å². The topological polar surface area (TPSA) is 60.3 Å². The minimum Gasteiger partial charge on any atom is -0.378 e. The van der Waals surface area contributed by atoms with E-state index < -0.39 is 0 Å². The number of nitrogens with zero attached hydrogens (tertiary/aromatic N) is 4. The van der Waals surface area contributed by atoms with Gasteiger partial charge in [-0.2, -0.15) is 0 Å². The van der Waals surface area contributed by atoms with Crippen molar-refractivity contribution in [3.63, 3.8) is 0 Å². The molecule has 140 valence electrons. The average Bonchev–Trinajstić information content (AvgIpc) is 3.03. The lowest BCUT2D eigenvalue weighted by Gasteiger charge is -2.28. The molecule has 0 saturated carbocycles. The molecule has 0 atom stereocenters. The molecule has 7 heteroatoms. The fourth-order valence-corrected chi connectivity index (χ4v) is 3.73. The molecule has 0 aliphatic carbocycles. The first-order chi connectivity index (χ1) is 12.4. The van der Waals surface area contributed by atoms with E-state index in [4.69, 9.17) is 4.74 Å². The number of carbonyl (C=O) groups excluding carboxylic acids is 1. The van der Waals surface area contributed by atoms with Gasteiger partial charge in [0.05, 0.1) is 25.5 Å². The normalized spacial score (nSPS) is 15.3. The molecule has 0 spiro atoms. The maximum atomic E-state index is 12.3. The zero-order chi connectivity index (χ0) is 18.6. The van der Waals surface area contributed by atoms with Crippen molar-refractivity contribution in [2.75, 3.05) is 37.0 Å². The first kappa shape index (κ1) is 18.9. The second kappa shape index (κ2) is 8.22. The molecule has 1 aromatic carbocycles. The summed E-state index contributed by atoms with van der Waals surface area (Å²) in [5.74, 6) is 1.46. The van der Waals surface area contributed by atoms with Crippen LogP contribution >= 0.6 is 11.8 Å². The lowest BCUT2D eigenvalue weighted by Crippen LogP contribution is -2.38. The lowest BCUT2D eigenvalue weighted by atomic mass is 9.92. The van der Waals surface area contributed by atoms with Crippen molar-refractivity contribution in [3.05, 3.63) is 35.9 Å². The second-order valence-electron chi connectivity index (χ2n) is 7.42. The largest absolute Gasteiger partial charge is 0.378 e. The number of ether oxygens (including phenoxy) is 1. The van der Waals surface area contributed by atoms with Gasteiger partial charge < -0.3 is 9.64 Å². The molecule has 1 saturated heterocycles. The quantitative estimate of drug-likeness (QED) is 0.725. The number of rotatable bonds is 6. The van der Waals surface area contributed by atoms with E-state index >= 15 is 0 Å². The summed E-state index contributed by atoms with van der Waals surface area (Å²) in [4.78, 5) is 14.5. The van der Waals surface area contributed by atoms with Crippen LogP contribution < -0.4 is 4.90 Å². The fourth-order valence-electron chi connectivity index (χ4n) is 2.64. The van der Waals surface area contributed by atoms with Crippen LogP contribution in [0.4, 0.5) is 5.95 Å². The summed E-state index contributed by atoms with van der Waals surface area (Å²) < 4.78 is 7.57. The monoisotopic (exact) mass is 374 g/mol. The van der Waals surface area contributed by atoms with E-state index in [1.54, 1.807) is 0 Å². The molecule has 1 aromatic heterocycles. The third-order valence-corrected chi connectivity index (χ3v) is 5.31. The van der Waals surface area contributed by atoms with Gasteiger partial charge in [0.2, 0.25) is 5.95 Å². The minimum atomic E-state index is -0.343. The van der Waals surface area contributed by atoms with Gasteiger partial charge in [-0.3, -0.25) is 9.36 Å². The Labute approximate surface area is 158 Å². The molecule has 26 heavy (non-hydrogen) atoms. The third kappa shape index (κ3) is 4.65. The van der Waals surface area contributed by atoms with Crippen LogP contribution in [0.25, 0.3) is 0 Å². The summed E-state index contributed by atoms with van der Waals surface area (Å²) >= 11 is 1.47.